The molecule has 0 aliphatic carbocycles. The Kier molecular flexibility index (Phi) is 6.02. The van der Waals surface area contributed by atoms with Gasteiger partial charge >= 0.3 is 0 Å². The normalized spacial score (nSPS) is 13.4. The lowest BCUT2D eigenvalue weighted by molar-refractivity contribution is 0.0628. The highest BCUT2D eigenvalue weighted by Gasteiger charge is 2.21. The predicted molar refractivity (Wildman–Crippen MR) is 82.9 cm³/mol. The van der Waals surface area contributed by atoms with Crippen molar-refractivity contribution in [3.63, 3.8) is 0 Å². The van der Waals surface area contributed by atoms with Crippen molar-refractivity contribution in [3.8, 4) is 0 Å². The Morgan fingerprint density at radius 2 is 1.95 bits per heavy atom. The zero-order valence-corrected chi connectivity index (χ0v) is 12.9. The van der Waals surface area contributed by atoms with Gasteiger partial charge in [-0.25, -0.2) is 0 Å². The van der Waals surface area contributed by atoms with Crippen LogP contribution >= 0.6 is 0 Å². The Hall–Kier alpha value is -1.59. The van der Waals surface area contributed by atoms with E-state index in [1.54, 1.807) is 19.1 Å². The highest BCUT2D eigenvalue weighted by Crippen LogP contribution is 2.27. The van der Waals surface area contributed by atoms with Crippen molar-refractivity contribution in [2.45, 2.75) is 12.8 Å². The van der Waals surface area contributed by atoms with Crippen molar-refractivity contribution < 1.29 is 14.3 Å². The molecule has 0 aromatic heterocycles. The molecular weight excluding hydrogens is 268 g/mol. The number of rotatable bonds is 7. The number of aryl methyl sites for hydroxylation is 1. The molecule has 5 nitrogen and oxygen atoms in total. The first kappa shape index (κ1) is 15.8. The molecule has 1 N–H and O–H groups in total. The lowest BCUT2D eigenvalue weighted by Crippen LogP contribution is -2.37. The van der Waals surface area contributed by atoms with Crippen LogP contribution in [0.2, 0.25) is 0 Å². The summed E-state index contributed by atoms with van der Waals surface area (Å²) in [4.78, 5) is 14.6. The summed E-state index contributed by atoms with van der Waals surface area (Å²) >= 11 is 0. The number of hydrogen-bond donors (Lipinski definition) is 1. The Labute approximate surface area is 126 Å². The van der Waals surface area contributed by atoms with Crippen LogP contribution < -0.4 is 5.32 Å². The lowest BCUT2D eigenvalue weighted by Gasteiger charge is -2.26. The number of nitrogens with zero attached hydrogens (tertiary/aromatic N) is 1. The van der Waals surface area contributed by atoms with Gasteiger partial charge < -0.3 is 19.7 Å². The number of nitrogens with one attached hydrogen (secondary N) is 1. The first-order valence-electron chi connectivity index (χ1n) is 7.41. The Morgan fingerprint density at radius 3 is 2.62 bits per heavy atom. The molecule has 0 atom stereocenters. The zero-order valence-electron chi connectivity index (χ0n) is 12.9. The second kappa shape index (κ2) is 8.00. The van der Waals surface area contributed by atoms with Gasteiger partial charge in [-0.05, 0) is 24.5 Å². The highest BCUT2D eigenvalue weighted by molar-refractivity contribution is 6.00. The molecule has 1 heterocycles. The summed E-state index contributed by atoms with van der Waals surface area (Å²) < 4.78 is 10.2. The first-order valence-corrected chi connectivity index (χ1v) is 7.41. The minimum atomic E-state index is 0.0374. The maximum Gasteiger partial charge on any atom is 0.256 e. The number of fused-ring (bicyclic) bond motifs is 1. The molecule has 1 aromatic rings. The van der Waals surface area contributed by atoms with Gasteiger partial charge in [0.05, 0.1) is 24.5 Å². The molecule has 0 saturated heterocycles. The van der Waals surface area contributed by atoms with E-state index in [0.717, 1.165) is 30.6 Å². The third-order valence-corrected chi connectivity index (χ3v) is 3.72. The fraction of sp³-hybridized carbons (Fsp3) is 0.562. The summed E-state index contributed by atoms with van der Waals surface area (Å²) in [5.41, 5.74) is 2.97. The maximum atomic E-state index is 12.8. The van der Waals surface area contributed by atoms with Crippen molar-refractivity contribution in [3.05, 3.63) is 29.3 Å². The zero-order chi connectivity index (χ0) is 15.1. The molecule has 0 spiro atoms. The van der Waals surface area contributed by atoms with Crippen molar-refractivity contribution in [2.75, 3.05) is 52.4 Å². The molecule has 21 heavy (non-hydrogen) atoms. The minimum Gasteiger partial charge on any atom is -0.384 e. The van der Waals surface area contributed by atoms with Crippen LogP contribution in [0.4, 0.5) is 5.69 Å². The SMILES string of the molecule is COCCN(CCOC)C(=O)c1cccc2c1NCCC2. The smallest absolute Gasteiger partial charge is 0.256 e. The van der Waals surface area contributed by atoms with Gasteiger partial charge in [-0.2, -0.15) is 0 Å². The molecule has 116 valence electrons. The largest absolute Gasteiger partial charge is 0.384 e. The van der Waals surface area contributed by atoms with Crippen LogP contribution in [0.1, 0.15) is 22.3 Å². The monoisotopic (exact) mass is 292 g/mol. The van der Waals surface area contributed by atoms with E-state index in [2.05, 4.69) is 11.4 Å². The molecule has 0 unspecified atom stereocenters. The molecule has 0 fully saturated rings. The van der Waals surface area contributed by atoms with Gasteiger partial charge in [-0.3, -0.25) is 4.79 Å². The molecule has 5 heteroatoms. The number of carbonyl (C=O) groups is 1. The van der Waals surface area contributed by atoms with Crippen LogP contribution in [-0.2, 0) is 15.9 Å². The number of amides is 1. The van der Waals surface area contributed by atoms with Crippen LogP contribution in [0, 0.1) is 0 Å². The topological polar surface area (TPSA) is 50.8 Å². The summed E-state index contributed by atoms with van der Waals surface area (Å²) in [6.45, 7) is 3.12. The van der Waals surface area contributed by atoms with Gasteiger partial charge in [0, 0.05) is 33.9 Å². The van der Waals surface area contributed by atoms with Crippen molar-refractivity contribution in [1.29, 1.82) is 0 Å². The Balaban J connectivity index is 2.19. The van der Waals surface area contributed by atoms with Gasteiger partial charge in [0.15, 0.2) is 0 Å². The molecule has 2 rings (SSSR count). The van der Waals surface area contributed by atoms with Gasteiger partial charge in [0.25, 0.3) is 5.91 Å². The van der Waals surface area contributed by atoms with E-state index in [4.69, 9.17) is 9.47 Å². The van der Waals surface area contributed by atoms with Gasteiger partial charge in [0.1, 0.15) is 0 Å². The molecule has 0 saturated carbocycles. The van der Waals surface area contributed by atoms with Crippen LogP contribution in [0.3, 0.4) is 0 Å². The number of hydrogen-bond acceptors (Lipinski definition) is 4. The van der Waals surface area contributed by atoms with Gasteiger partial charge in [-0.1, -0.05) is 12.1 Å². The highest BCUT2D eigenvalue weighted by atomic mass is 16.5. The Morgan fingerprint density at radius 1 is 1.24 bits per heavy atom. The van der Waals surface area contributed by atoms with Crippen LogP contribution in [0.15, 0.2) is 18.2 Å². The minimum absolute atomic E-state index is 0.0374. The third kappa shape index (κ3) is 3.95. The summed E-state index contributed by atoms with van der Waals surface area (Å²) in [6.07, 6.45) is 2.14. The number of anilines is 1. The fourth-order valence-electron chi connectivity index (χ4n) is 2.58. The molecular formula is C16H24N2O3. The standard InChI is InChI=1S/C16H24N2O3/c1-20-11-9-18(10-12-21-2)16(19)14-7-3-5-13-6-4-8-17-15(13)14/h3,5,7,17H,4,6,8-12H2,1-2H3. The van der Waals surface area contributed by atoms with Crippen molar-refractivity contribution in [1.82, 2.24) is 4.90 Å². The van der Waals surface area contributed by atoms with Crippen molar-refractivity contribution in [2.24, 2.45) is 0 Å². The van der Waals surface area contributed by atoms with E-state index in [0.29, 0.717) is 26.3 Å². The number of ether oxygens (including phenoxy) is 2. The molecule has 0 radical (unpaired) electrons. The summed E-state index contributed by atoms with van der Waals surface area (Å²) in [7, 11) is 3.29. The molecule has 1 aromatic carbocycles. The van der Waals surface area contributed by atoms with Gasteiger partial charge in [-0.15, -0.1) is 0 Å². The van der Waals surface area contributed by atoms with E-state index >= 15 is 0 Å². The number of methoxy groups -OCH3 is 2. The van der Waals surface area contributed by atoms with Crippen molar-refractivity contribution >= 4 is 11.6 Å². The van der Waals surface area contributed by atoms with E-state index in [9.17, 15) is 4.79 Å². The van der Waals surface area contributed by atoms with Crippen LogP contribution in [0.25, 0.3) is 0 Å². The Bertz CT molecular complexity index is 469. The van der Waals surface area contributed by atoms with Crippen LogP contribution in [-0.4, -0.2) is 57.9 Å². The average Bonchev–Trinajstić information content (AvgIpc) is 2.54. The predicted octanol–water partition coefficient (Wildman–Crippen LogP) is 1.78. The van der Waals surface area contributed by atoms with E-state index in [-0.39, 0.29) is 5.91 Å². The fourth-order valence-corrected chi connectivity index (χ4v) is 2.58. The van der Waals surface area contributed by atoms with Crippen LogP contribution in [0.5, 0.6) is 0 Å². The average molecular weight is 292 g/mol. The molecule has 1 amide bonds. The summed E-state index contributed by atoms with van der Waals surface area (Å²) in [5, 5.41) is 3.37. The summed E-state index contributed by atoms with van der Waals surface area (Å²) in [5.74, 6) is 0.0374. The second-order valence-electron chi connectivity index (χ2n) is 5.15. The van der Waals surface area contributed by atoms with Gasteiger partial charge in [0.2, 0.25) is 0 Å². The quantitative estimate of drug-likeness (QED) is 0.832. The van der Waals surface area contributed by atoms with E-state index in [1.807, 2.05) is 12.1 Å². The number of para-hydroxylation sites is 1. The number of benzene rings is 1. The molecule has 1 aliphatic rings. The van der Waals surface area contributed by atoms with E-state index < -0.39 is 0 Å². The maximum absolute atomic E-state index is 12.8. The molecule has 1 aliphatic heterocycles. The first-order chi connectivity index (χ1) is 10.3. The molecule has 0 bridgehead atoms. The third-order valence-electron chi connectivity index (χ3n) is 3.72. The second-order valence-corrected chi connectivity index (χ2v) is 5.15. The summed E-state index contributed by atoms with van der Waals surface area (Å²) in [6, 6.07) is 5.95. The van der Waals surface area contributed by atoms with E-state index in [1.165, 1.54) is 5.56 Å². The number of carbonyl (C=O) groups excluding carboxylic acids is 1. The lowest BCUT2D eigenvalue weighted by atomic mass is 9.99.